The predicted octanol–water partition coefficient (Wildman–Crippen LogP) is -1.50. The number of benzene rings is 1. The molecule has 0 aromatic heterocycles. The van der Waals surface area contributed by atoms with Crippen LogP contribution in [0.25, 0.3) is 0 Å². The molecule has 0 aliphatic carbocycles. The first-order chi connectivity index (χ1) is 4.33. The van der Waals surface area contributed by atoms with Gasteiger partial charge in [-0.2, -0.15) is 18.6 Å². The third-order valence-electron chi connectivity index (χ3n) is 1.13. The van der Waals surface area contributed by atoms with E-state index in [-0.39, 0.29) is 35.5 Å². The van der Waals surface area contributed by atoms with Crippen molar-refractivity contribution in [1.82, 2.24) is 0 Å². The van der Waals surface area contributed by atoms with E-state index in [9.17, 15) is 0 Å². The Morgan fingerprint density at radius 1 is 1.36 bits per heavy atom. The summed E-state index contributed by atoms with van der Waals surface area (Å²) in [7, 11) is 1.65. The molecule has 1 rings (SSSR count). The second-order valence-electron chi connectivity index (χ2n) is 1.85. The van der Waals surface area contributed by atoms with Gasteiger partial charge in [-0.05, 0) is 6.07 Å². The Morgan fingerprint density at radius 2 is 2.00 bits per heavy atom. The molecular weight excluding hydrogens is 172 g/mol. The van der Waals surface area contributed by atoms with E-state index in [1.54, 1.807) is 7.11 Å². The van der Waals surface area contributed by atoms with Gasteiger partial charge in [-0.15, -0.1) is 12.1 Å². The Kier molecular flexibility index (Phi) is 8.17. The Labute approximate surface area is 89.7 Å². The number of halogens is 1. The van der Waals surface area contributed by atoms with Crippen molar-refractivity contribution in [2.24, 2.45) is 0 Å². The van der Waals surface area contributed by atoms with E-state index < -0.39 is 0 Å². The maximum Gasteiger partial charge on any atom is 2.00 e. The molecule has 11 heavy (non-hydrogen) atoms. The Bertz CT molecular complexity index is 203. The van der Waals surface area contributed by atoms with Crippen LogP contribution in [0.2, 0.25) is 0 Å². The summed E-state index contributed by atoms with van der Waals surface area (Å²) in [6.45, 7) is 3.75. The van der Waals surface area contributed by atoms with Gasteiger partial charge in [-0.25, -0.2) is 0 Å². The van der Waals surface area contributed by atoms with Gasteiger partial charge in [0.1, 0.15) is 0 Å². The Balaban J connectivity index is 0. The van der Waals surface area contributed by atoms with E-state index >= 15 is 0 Å². The van der Waals surface area contributed by atoms with Crippen LogP contribution in [-0.4, -0.2) is 30.2 Å². The molecule has 0 N–H and O–H groups in total. The maximum absolute atomic E-state index is 4.96. The monoisotopic (exact) mass is 180 g/mol. The van der Waals surface area contributed by atoms with E-state index in [1.165, 1.54) is 0 Å². The van der Waals surface area contributed by atoms with Crippen LogP contribution in [-0.2, 0) is 0 Å². The van der Waals surface area contributed by atoms with Crippen LogP contribution in [0.5, 0.6) is 5.75 Å². The second kappa shape index (κ2) is 6.64. The molecule has 0 radical (unpaired) electrons. The van der Waals surface area contributed by atoms with Crippen LogP contribution < -0.4 is 17.1 Å². The van der Waals surface area contributed by atoms with Crippen LogP contribution in [0.4, 0.5) is 0 Å². The molecule has 0 amide bonds. The van der Waals surface area contributed by atoms with Gasteiger partial charge in [-0.1, -0.05) is 0 Å². The third kappa shape index (κ3) is 4.40. The largest absolute Gasteiger partial charge is 2.00 e. The molecule has 0 saturated carbocycles. The molecule has 1 aromatic carbocycles. The van der Waals surface area contributed by atoms with Gasteiger partial charge in [0.2, 0.25) is 0 Å². The average Bonchev–Trinajstić information content (AvgIpc) is 1.88. The molecule has 0 aliphatic rings. The first kappa shape index (κ1) is 13.5. The Hall–Kier alpha value is -0.0538. The minimum Gasteiger partial charge on any atom is -1.00 e. The standard InChI is InChI=1S/C8H9O.ClH.Mg/c1-7-4-3-5-8(6-7)9-2;;/h3-6H,1H2,2H3;1H;/q-1;;+2/p-1. The molecular formula is C8H9ClMgO. The van der Waals surface area contributed by atoms with Gasteiger partial charge < -0.3 is 17.1 Å². The van der Waals surface area contributed by atoms with E-state index in [0.29, 0.717) is 0 Å². The second-order valence-corrected chi connectivity index (χ2v) is 1.85. The van der Waals surface area contributed by atoms with Crippen molar-refractivity contribution in [1.29, 1.82) is 0 Å². The number of hydrogen-bond donors (Lipinski definition) is 0. The molecule has 0 fully saturated rings. The summed E-state index contributed by atoms with van der Waals surface area (Å²) in [5.41, 5.74) is 0.981. The summed E-state index contributed by atoms with van der Waals surface area (Å²) in [6.07, 6.45) is 0. The number of hydrogen-bond acceptors (Lipinski definition) is 1. The van der Waals surface area contributed by atoms with Crippen LogP contribution in [0.1, 0.15) is 5.56 Å². The fourth-order valence-electron chi connectivity index (χ4n) is 0.672. The zero-order valence-electron chi connectivity index (χ0n) is 6.51. The maximum atomic E-state index is 4.96. The fourth-order valence-corrected chi connectivity index (χ4v) is 0.672. The summed E-state index contributed by atoms with van der Waals surface area (Å²) < 4.78 is 4.96. The molecule has 0 saturated heterocycles. The van der Waals surface area contributed by atoms with Crippen molar-refractivity contribution < 1.29 is 17.1 Å². The molecule has 0 heterocycles. The van der Waals surface area contributed by atoms with Gasteiger partial charge in [0.05, 0.1) is 12.9 Å². The average molecular weight is 181 g/mol. The minimum atomic E-state index is 0. The molecule has 1 aromatic rings. The molecule has 0 spiro atoms. The van der Waals surface area contributed by atoms with Crippen molar-refractivity contribution in [2.45, 2.75) is 0 Å². The molecule has 0 atom stereocenters. The molecule has 0 unspecified atom stereocenters. The minimum absolute atomic E-state index is 0. The summed E-state index contributed by atoms with van der Waals surface area (Å²) in [5.74, 6) is 0.863. The number of ether oxygens (including phenoxy) is 1. The van der Waals surface area contributed by atoms with E-state index in [1.807, 2.05) is 24.3 Å². The smallest absolute Gasteiger partial charge is 1.00 e. The van der Waals surface area contributed by atoms with E-state index in [4.69, 9.17) is 4.74 Å². The van der Waals surface area contributed by atoms with Crippen molar-refractivity contribution in [3.63, 3.8) is 0 Å². The summed E-state index contributed by atoms with van der Waals surface area (Å²) in [4.78, 5) is 0. The Morgan fingerprint density at radius 3 is 2.36 bits per heavy atom. The summed E-state index contributed by atoms with van der Waals surface area (Å²) >= 11 is 0. The van der Waals surface area contributed by atoms with Crippen molar-refractivity contribution >= 4 is 23.1 Å². The molecule has 56 valence electrons. The van der Waals surface area contributed by atoms with E-state index in [0.717, 1.165) is 11.3 Å². The van der Waals surface area contributed by atoms with Crippen molar-refractivity contribution in [3.8, 4) is 5.75 Å². The summed E-state index contributed by atoms with van der Waals surface area (Å²) in [6, 6.07) is 7.64. The van der Waals surface area contributed by atoms with Crippen molar-refractivity contribution in [3.05, 3.63) is 36.8 Å². The normalized spacial score (nSPS) is 7.36. The first-order valence-electron chi connectivity index (χ1n) is 2.79. The van der Waals surface area contributed by atoms with Crippen LogP contribution in [0, 0.1) is 6.92 Å². The molecule has 0 bridgehead atoms. The van der Waals surface area contributed by atoms with Gasteiger partial charge in [0, 0.05) is 0 Å². The van der Waals surface area contributed by atoms with E-state index in [2.05, 4.69) is 6.92 Å². The zero-order valence-corrected chi connectivity index (χ0v) is 8.68. The summed E-state index contributed by atoms with van der Waals surface area (Å²) in [5, 5.41) is 0. The van der Waals surface area contributed by atoms with Gasteiger partial charge in [0.15, 0.2) is 0 Å². The van der Waals surface area contributed by atoms with Gasteiger partial charge >= 0.3 is 23.1 Å². The molecule has 3 heteroatoms. The van der Waals surface area contributed by atoms with Crippen LogP contribution in [0.3, 0.4) is 0 Å². The SMILES string of the molecule is [CH2-]c1cccc(OC)c1.[Cl-].[Mg+2]. The molecule has 0 aliphatic heterocycles. The molecule has 1 nitrogen and oxygen atoms in total. The third-order valence-corrected chi connectivity index (χ3v) is 1.13. The van der Waals surface area contributed by atoms with Crippen LogP contribution >= 0.6 is 0 Å². The first-order valence-corrected chi connectivity index (χ1v) is 2.79. The van der Waals surface area contributed by atoms with Gasteiger partial charge in [0.25, 0.3) is 0 Å². The topological polar surface area (TPSA) is 9.23 Å². The predicted molar refractivity (Wildman–Crippen MR) is 43.2 cm³/mol. The van der Waals surface area contributed by atoms with Gasteiger partial charge in [-0.3, -0.25) is 0 Å². The number of methoxy groups -OCH3 is 1. The quantitative estimate of drug-likeness (QED) is 0.378. The van der Waals surface area contributed by atoms with Crippen LogP contribution in [0.15, 0.2) is 24.3 Å². The fraction of sp³-hybridized carbons (Fsp3) is 0.125. The number of rotatable bonds is 1. The van der Waals surface area contributed by atoms with Crippen molar-refractivity contribution in [2.75, 3.05) is 7.11 Å². The zero-order chi connectivity index (χ0) is 6.69.